The highest BCUT2D eigenvalue weighted by molar-refractivity contribution is 6.07. The Morgan fingerprint density at radius 2 is 1.95 bits per heavy atom. The second kappa shape index (κ2) is 6.47. The van der Waals surface area contributed by atoms with E-state index in [1.807, 2.05) is 0 Å². The highest BCUT2D eigenvalue weighted by atomic mass is 16.6. The van der Waals surface area contributed by atoms with Crippen LogP contribution in [-0.2, 0) is 0 Å². The zero-order valence-corrected chi connectivity index (χ0v) is 11.4. The van der Waals surface area contributed by atoms with E-state index in [-0.39, 0.29) is 11.5 Å². The SMILES string of the molecule is COc1cccc(C(=O)/C=C/c2ccccc2[N+](=O)[O-])c1. The number of allylic oxidation sites excluding steroid dienone is 1. The molecule has 2 rings (SSSR count). The number of ether oxygens (including phenoxy) is 1. The highest BCUT2D eigenvalue weighted by Crippen LogP contribution is 2.20. The van der Waals surface area contributed by atoms with Crippen LogP contribution < -0.4 is 4.74 Å². The van der Waals surface area contributed by atoms with Crippen LogP contribution in [0.4, 0.5) is 5.69 Å². The molecule has 0 atom stereocenters. The molecule has 0 fully saturated rings. The fourth-order valence-corrected chi connectivity index (χ4v) is 1.83. The Hall–Kier alpha value is -2.95. The average molecular weight is 283 g/mol. The van der Waals surface area contributed by atoms with E-state index in [4.69, 9.17) is 4.74 Å². The Bertz CT molecular complexity index is 707. The van der Waals surface area contributed by atoms with Crippen molar-refractivity contribution in [3.05, 3.63) is 75.8 Å². The maximum absolute atomic E-state index is 12.1. The minimum atomic E-state index is -0.476. The molecule has 5 nitrogen and oxygen atoms in total. The Kier molecular flexibility index (Phi) is 4.46. The van der Waals surface area contributed by atoms with Crippen LogP contribution in [0.15, 0.2) is 54.6 Å². The van der Waals surface area contributed by atoms with Gasteiger partial charge < -0.3 is 4.74 Å². The first kappa shape index (κ1) is 14.5. The van der Waals surface area contributed by atoms with E-state index in [2.05, 4.69) is 0 Å². The van der Waals surface area contributed by atoms with E-state index in [9.17, 15) is 14.9 Å². The number of nitro groups is 1. The molecular formula is C16H13NO4. The van der Waals surface area contributed by atoms with Crippen molar-refractivity contribution < 1.29 is 14.5 Å². The summed E-state index contributed by atoms with van der Waals surface area (Å²) in [6.07, 6.45) is 2.76. The lowest BCUT2D eigenvalue weighted by atomic mass is 10.1. The van der Waals surface area contributed by atoms with Crippen molar-refractivity contribution in [3.63, 3.8) is 0 Å². The van der Waals surface area contributed by atoms with Gasteiger partial charge in [-0.3, -0.25) is 14.9 Å². The normalized spacial score (nSPS) is 10.5. The average Bonchev–Trinajstić information content (AvgIpc) is 2.52. The van der Waals surface area contributed by atoms with Crippen LogP contribution in [0.5, 0.6) is 5.75 Å². The van der Waals surface area contributed by atoms with Gasteiger partial charge in [0.05, 0.1) is 17.6 Å². The third kappa shape index (κ3) is 3.54. The largest absolute Gasteiger partial charge is 0.497 e. The first-order chi connectivity index (χ1) is 10.1. The standard InChI is InChI=1S/C16H13NO4/c1-21-14-7-4-6-13(11-14)16(18)10-9-12-5-2-3-8-15(12)17(19)20/h2-11H,1H3/b10-9+. The zero-order valence-electron chi connectivity index (χ0n) is 11.4. The molecular weight excluding hydrogens is 270 g/mol. The molecule has 0 aromatic heterocycles. The molecule has 0 aliphatic rings. The van der Waals surface area contributed by atoms with Gasteiger partial charge in [-0.25, -0.2) is 0 Å². The number of carbonyl (C=O) groups is 1. The molecule has 0 spiro atoms. The Labute approximate surface area is 121 Å². The van der Waals surface area contributed by atoms with Gasteiger partial charge in [-0.1, -0.05) is 24.3 Å². The van der Waals surface area contributed by atoms with Gasteiger partial charge in [-0.05, 0) is 30.4 Å². The fourth-order valence-electron chi connectivity index (χ4n) is 1.83. The summed E-state index contributed by atoms with van der Waals surface area (Å²) < 4.78 is 5.05. The molecule has 0 radical (unpaired) electrons. The van der Waals surface area contributed by atoms with Gasteiger partial charge in [0.2, 0.25) is 0 Å². The van der Waals surface area contributed by atoms with Crippen LogP contribution in [-0.4, -0.2) is 17.8 Å². The van der Waals surface area contributed by atoms with Crippen LogP contribution in [0.3, 0.4) is 0 Å². The molecule has 0 aliphatic carbocycles. The zero-order chi connectivity index (χ0) is 15.2. The molecule has 0 heterocycles. The number of rotatable bonds is 5. The molecule has 106 valence electrons. The molecule has 5 heteroatoms. The minimum Gasteiger partial charge on any atom is -0.497 e. The first-order valence-corrected chi connectivity index (χ1v) is 6.21. The van der Waals surface area contributed by atoms with E-state index >= 15 is 0 Å². The summed E-state index contributed by atoms with van der Waals surface area (Å²) >= 11 is 0. The number of hydrogen-bond donors (Lipinski definition) is 0. The van der Waals surface area contributed by atoms with Crippen molar-refractivity contribution in [2.24, 2.45) is 0 Å². The summed E-state index contributed by atoms with van der Waals surface area (Å²) in [6, 6.07) is 13.0. The number of ketones is 1. The quantitative estimate of drug-likeness (QED) is 0.364. The number of methoxy groups -OCH3 is 1. The van der Waals surface area contributed by atoms with Crippen LogP contribution in [0.2, 0.25) is 0 Å². The second-order valence-electron chi connectivity index (χ2n) is 4.25. The number of benzene rings is 2. The van der Waals surface area contributed by atoms with E-state index in [1.165, 1.54) is 25.3 Å². The maximum atomic E-state index is 12.1. The third-order valence-corrected chi connectivity index (χ3v) is 2.90. The molecule has 0 saturated carbocycles. The first-order valence-electron chi connectivity index (χ1n) is 6.21. The van der Waals surface area contributed by atoms with Crippen molar-refractivity contribution in [1.82, 2.24) is 0 Å². The van der Waals surface area contributed by atoms with Crippen LogP contribution >= 0.6 is 0 Å². The van der Waals surface area contributed by atoms with Crippen molar-refractivity contribution in [3.8, 4) is 5.75 Å². The van der Waals surface area contributed by atoms with Gasteiger partial charge in [-0.15, -0.1) is 0 Å². The lowest BCUT2D eigenvalue weighted by Crippen LogP contribution is -1.95. The van der Waals surface area contributed by atoms with E-state index < -0.39 is 4.92 Å². The molecule has 0 bridgehead atoms. The summed E-state index contributed by atoms with van der Waals surface area (Å²) in [5.74, 6) is 0.340. The van der Waals surface area contributed by atoms with Gasteiger partial charge in [-0.2, -0.15) is 0 Å². The molecule has 21 heavy (non-hydrogen) atoms. The Morgan fingerprint density at radius 3 is 2.67 bits per heavy atom. The van der Waals surface area contributed by atoms with Crippen molar-refractivity contribution >= 4 is 17.5 Å². The van der Waals surface area contributed by atoms with Gasteiger partial charge in [0, 0.05) is 11.6 Å². The molecule has 0 amide bonds. The molecule has 0 aliphatic heterocycles. The van der Waals surface area contributed by atoms with Gasteiger partial charge in [0.25, 0.3) is 5.69 Å². The number of nitrogens with zero attached hydrogens (tertiary/aromatic N) is 1. The Balaban J connectivity index is 2.25. The number of para-hydroxylation sites is 1. The summed E-state index contributed by atoms with van der Waals surface area (Å²) in [5.41, 5.74) is 0.815. The third-order valence-electron chi connectivity index (χ3n) is 2.90. The minimum absolute atomic E-state index is 0.0350. The van der Waals surface area contributed by atoms with Crippen LogP contribution in [0.25, 0.3) is 6.08 Å². The number of carbonyl (C=O) groups excluding carboxylic acids is 1. The van der Waals surface area contributed by atoms with Crippen LogP contribution in [0, 0.1) is 10.1 Å². The van der Waals surface area contributed by atoms with E-state index in [1.54, 1.807) is 42.5 Å². The van der Waals surface area contributed by atoms with Gasteiger partial charge in [0.15, 0.2) is 5.78 Å². The highest BCUT2D eigenvalue weighted by Gasteiger charge is 2.10. The van der Waals surface area contributed by atoms with Crippen molar-refractivity contribution in [2.75, 3.05) is 7.11 Å². The van der Waals surface area contributed by atoms with Crippen molar-refractivity contribution in [2.45, 2.75) is 0 Å². The summed E-state index contributed by atoms with van der Waals surface area (Å²) in [7, 11) is 1.52. The van der Waals surface area contributed by atoms with E-state index in [0.29, 0.717) is 16.9 Å². The summed E-state index contributed by atoms with van der Waals surface area (Å²) in [4.78, 5) is 22.5. The van der Waals surface area contributed by atoms with Crippen molar-refractivity contribution in [1.29, 1.82) is 0 Å². The fraction of sp³-hybridized carbons (Fsp3) is 0.0625. The van der Waals surface area contributed by atoms with Gasteiger partial charge in [0.1, 0.15) is 5.75 Å². The Morgan fingerprint density at radius 1 is 1.19 bits per heavy atom. The predicted octanol–water partition coefficient (Wildman–Crippen LogP) is 3.50. The number of nitro benzene ring substituents is 1. The molecule has 0 N–H and O–H groups in total. The maximum Gasteiger partial charge on any atom is 0.276 e. The summed E-state index contributed by atoms with van der Waals surface area (Å²) in [6.45, 7) is 0. The molecule has 0 saturated heterocycles. The lowest BCUT2D eigenvalue weighted by molar-refractivity contribution is -0.385. The smallest absolute Gasteiger partial charge is 0.276 e. The van der Waals surface area contributed by atoms with Crippen LogP contribution in [0.1, 0.15) is 15.9 Å². The van der Waals surface area contributed by atoms with Gasteiger partial charge >= 0.3 is 0 Å². The molecule has 0 unspecified atom stereocenters. The van der Waals surface area contributed by atoms with E-state index in [0.717, 1.165) is 0 Å². The monoisotopic (exact) mass is 283 g/mol. The number of hydrogen-bond acceptors (Lipinski definition) is 4. The second-order valence-corrected chi connectivity index (χ2v) is 4.25. The lowest BCUT2D eigenvalue weighted by Gasteiger charge is -2.01. The topological polar surface area (TPSA) is 69.4 Å². The predicted molar refractivity (Wildman–Crippen MR) is 79.5 cm³/mol. The molecule has 2 aromatic rings. The summed E-state index contributed by atoms with van der Waals surface area (Å²) in [5, 5.41) is 10.9. The molecule has 2 aromatic carbocycles.